The van der Waals surface area contributed by atoms with Crippen LogP contribution >= 0.6 is 0 Å². The molecule has 4 N–H and O–H groups in total. The Morgan fingerprint density at radius 1 is 0.903 bits per heavy atom. The summed E-state index contributed by atoms with van der Waals surface area (Å²) in [5.41, 5.74) is 4.48. The second kappa shape index (κ2) is 7.78. The third-order valence-corrected chi connectivity index (χ3v) is 5.35. The van der Waals surface area contributed by atoms with Gasteiger partial charge in [-0.05, 0) is 18.9 Å². The van der Waals surface area contributed by atoms with Crippen molar-refractivity contribution >= 4 is 5.82 Å². The Bertz CT molecular complexity index is 1360. The zero-order chi connectivity index (χ0) is 22.3. The monoisotopic (exact) mass is 425 g/mol. The second-order valence-electron chi connectivity index (χ2n) is 7.42. The largest absolute Gasteiger partial charge is 0.440 e. The number of ether oxygens (including phenoxy) is 1. The van der Waals surface area contributed by atoms with Gasteiger partial charge in [-0.25, -0.2) is 9.59 Å². The number of H-pyrrole nitrogens is 2. The van der Waals surface area contributed by atoms with Gasteiger partial charge in [0.2, 0.25) is 5.88 Å². The first kappa shape index (κ1) is 20.5. The summed E-state index contributed by atoms with van der Waals surface area (Å²) in [5.74, 6) is -0.684. The Labute approximate surface area is 175 Å². The molecule has 0 fully saturated rings. The van der Waals surface area contributed by atoms with Gasteiger partial charge in [-0.3, -0.25) is 28.7 Å². The molecule has 162 valence electrons. The highest BCUT2D eigenvalue weighted by Gasteiger charge is 2.36. The van der Waals surface area contributed by atoms with Gasteiger partial charge >= 0.3 is 11.4 Å². The van der Waals surface area contributed by atoms with Crippen LogP contribution in [0.15, 0.2) is 43.4 Å². The normalized spacial score (nSPS) is 14.6. The Morgan fingerprint density at radius 2 is 1.48 bits per heavy atom. The van der Waals surface area contributed by atoms with Crippen molar-refractivity contribution in [1.29, 1.82) is 0 Å². The summed E-state index contributed by atoms with van der Waals surface area (Å²) in [6.45, 7) is 4.09. The number of para-hydroxylation sites is 1. The molecule has 3 aromatic rings. The highest BCUT2D eigenvalue weighted by Crippen LogP contribution is 2.44. The number of hydrogen-bond acceptors (Lipinski definition) is 6. The van der Waals surface area contributed by atoms with E-state index in [9.17, 15) is 19.2 Å². The van der Waals surface area contributed by atoms with Crippen LogP contribution in [-0.2, 0) is 13.1 Å². The van der Waals surface area contributed by atoms with Gasteiger partial charge < -0.3 is 10.5 Å². The number of aromatic amines is 2. The van der Waals surface area contributed by atoms with Crippen molar-refractivity contribution in [1.82, 2.24) is 19.1 Å². The van der Waals surface area contributed by atoms with Gasteiger partial charge in [0.1, 0.15) is 11.6 Å². The third kappa shape index (κ3) is 3.20. The van der Waals surface area contributed by atoms with Crippen molar-refractivity contribution < 1.29 is 4.74 Å². The van der Waals surface area contributed by atoms with E-state index in [-0.39, 0.29) is 35.9 Å². The van der Waals surface area contributed by atoms with Crippen LogP contribution in [0.1, 0.15) is 49.3 Å². The maximum absolute atomic E-state index is 13.4. The Hall–Kier alpha value is -3.82. The molecule has 0 unspecified atom stereocenters. The number of nitrogens with two attached hydrogens (primary N) is 1. The quantitative estimate of drug-likeness (QED) is 0.436. The maximum Gasteiger partial charge on any atom is 0.331 e. The van der Waals surface area contributed by atoms with E-state index in [2.05, 4.69) is 9.97 Å². The highest BCUT2D eigenvalue weighted by molar-refractivity contribution is 5.59. The third-order valence-electron chi connectivity index (χ3n) is 5.35. The molecule has 0 radical (unpaired) electrons. The van der Waals surface area contributed by atoms with Crippen molar-refractivity contribution in [2.75, 3.05) is 5.73 Å². The molecule has 0 amide bonds. The first-order valence-corrected chi connectivity index (χ1v) is 10.1. The highest BCUT2D eigenvalue weighted by atomic mass is 16.5. The van der Waals surface area contributed by atoms with Gasteiger partial charge in [-0.2, -0.15) is 0 Å². The number of rotatable bonds is 5. The predicted molar refractivity (Wildman–Crippen MR) is 115 cm³/mol. The molecule has 0 saturated carbocycles. The number of fused-ring (bicyclic) bond motifs is 2. The molecule has 0 aliphatic carbocycles. The predicted octanol–water partition coefficient (Wildman–Crippen LogP) is 1.07. The summed E-state index contributed by atoms with van der Waals surface area (Å²) in [5, 5.41) is 0. The van der Waals surface area contributed by atoms with E-state index in [1.165, 1.54) is 0 Å². The van der Waals surface area contributed by atoms with E-state index in [1.54, 1.807) is 24.3 Å². The lowest BCUT2D eigenvalue weighted by Gasteiger charge is -2.28. The van der Waals surface area contributed by atoms with Crippen LogP contribution in [0, 0.1) is 0 Å². The van der Waals surface area contributed by atoms with Crippen molar-refractivity contribution in [3.8, 4) is 11.6 Å². The summed E-state index contributed by atoms with van der Waals surface area (Å²) < 4.78 is 7.96. The van der Waals surface area contributed by atoms with Crippen LogP contribution in [0.2, 0.25) is 0 Å². The fourth-order valence-corrected chi connectivity index (χ4v) is 4.01. The zero-order valence-electron chi connectivity index (χ0n) is 17.2. The first-order valence-electron chi connectivity index (χ1n) is 10.1. The van der Waals surface area contributed by atoms with E-state index >= 15 is 0 Å². The van der Waals surface area contributed by atoms with Crippen LogP contribution in [0.4, 0.5) is 5.82 Å². The number of nitrogen functional groups attached to an aromatic ring is 1. The van der Waals surface area contributed by atoms with E-state index in [0.717, 1.165) is 9.13 Å². The van der Waals surface area contributed by atoms with Crippen LogP contribution in [0.25, 0.3) is 0 Å². The summed E-state index contributed by atoms with van der Waals surface area (Å²) >= 11 is 0. The van der Waals surface area contributed by atoms with E-state index in [0.29, 0.717) is 24.2 Å². The topological polar surface area (TPSA) is 145 Å². The van der Waals surface area contributed by atoms with Crippen molar-refractivity contribution in [3.05, 3.63) is 82.6 Å². The molecule has 10 nitrogen and oxygen atoms in total. The molecule has 31 heavy (non-hydrogen) atoms. The summed E-state index contributed by atoms with van der Waals surface area (Å²) in [4.78, 5) is 56.6. The lowest BCUT2D eigenvalue weighted by atomic mass is 9.84. The van der Waals surface area contributed by atoms with Crippen LogP contribution in [0.3, 0.4) is 0 Å². The minimum absolute atomic E-state index is 0.0295. The average molecular weight is 425 g/mol. The van der Waals surface area contributed by atoms with Gasteiger partial charge in [-0.1, -0.05) is 32.0 Å². The smallest absolute Gasteiger partial charge is 0.331 e. The van der Waals surface area contributed by atoms with E-state index < -0.39 is 28.4 Å². The molecule has 3 heterocycles. The van der Waals surface area contributed by atoms with Crippen LogP contribution in [0.5, 0.6) is 11.6 Å². The fourth-order valence-electron chi connectivity index (χ4n) is 4.01. The first-order chi connectivity index (χ1) is 14.9. The molecule has 1 atom stereocenters. The van der Waals surface area contributed by atoms with Crippen molar-refractivity contribution in [2.24, 2.45) is 0 Å². The lowest BCUT2D eigenvalue weighted by molar-refractivity contribution is 0.418. The molecule has 10 heteroatoms. The summed E-state index contributed by atoms with van der Waals surface area (Å²) in [6, 6.07) is 6.89. The number of nitrogens with zero attached hydrogens (tertiary/aromatic N) is 2. The van der Waals surface area contributed by atoms with Gasteiger partial charge in [-0.15, -0.1) is 0 Å². The molecule has 0 saturated heterocycles. The molecular weight excluding hydrogens is 402 g/mol. The van der Waals surface area contributed by atoms with Crippen molar-refractivity contribution in [2.45, 2.75) is 45.7 Å². The number of aromatic nitrogens is 4. The Balaban J connectivity index is 2.12. The Morgan fingerprint density at radius 3 is 2.13 bits per heavy atom. The Kier molecular flexibility index (Phi) is 5.14. The molecule has 4 rings (SSSR count). The van der Waals surface area contributed by atoms with Gasteiger partial charge in [0.15, 0.2) is 0 Å². The lowest BCUT2D eigenvalue weighted by Crippen LogP contribution is -2.43. The molecular formula is C21H23N5O5. The molecule has 1 aliphatic heterocycles. The standard InChI is InChI=1S/C21H23N5O5/c1-3-9-25-18(27)14(16(22)23-20(25)29)13-11-7-5-6-8-12(11)31-17-15(13)19(28)26(10-4-2)21(30)24-17/h5-8,13H,3-4,9-10,22H2,1-2H3,(H,23,29)(H,24,30)/t13-/m1/s1. The van der Waals surface area contributed by atoms with Gasteiger partial charge in [0.05, 0.1) is 17.0 Å². The maximum atomic E-state index is 13.4. The number of benzene rings is 1. The van der Waals surface area contributed by atoms with Gasteiger partial charge in [0.25, 0.3) is 11.1 Å². The minimum atomic E-state index is -0.917. The molecule has 1 aromatic carbocycles. The number of nitrogens with one attached hydrogen (secondary N) is 2. The fraction of sp³-hybridized carbons (Fsp3) is 0.333. The SMILES string of the molecule is CCCn1c(=O)[nH]c(N)c([C@H]2c3ccccc3Oc3[nH]c(=O)n(CCC)c(=O)c32)c1=O. The number of hydrogen-bond donors (Lipinski definition) is 3. The molecule has 0 spiro atoms. The van der Waals surface area contributed by atoms with E-state index in [1.807, 2.05) is 13.8 Å². The summed E-state index contributed by atoms with van der Waals surface area (Å²) in [7, 11) is 0. The number of anilines is 1. The molecule has 0 bridgehead atoms. The van der Waals surface area contributed by atoms with Crippen LogP contribution < -0.4 is 33.0 Å². The van der Waals surface area contributed by atoms with E-state index in [4.69, 9.17) is 10.5 Å². The second-order valence-corrected chi connectivity index (χ2v) is 7.42. The minimum Gasteiger partial charge on any atom is -0.440 e. The molecule has 2 aromatic heterocycles. The van der Waals surface area contributed by atoms with Gasteiger partial charge in [0, 0.05) is 18.7 Å². The van der Waals surface area contributed by atoms with Crippen molar-refractivity contribution in [3.63, 3.8) is 0 Å². The average Bonchev–Trinajstić information content (AvgIpc) is 2.73. The molecule has 1 aliphatic rings. The zero-order valence-corrected chi connectivity index (χ0v) is 17.2. The summed E-state index contributed by atoms with van der Waals surface area (Å²) in [6.07, 6.45) is 1.12. The van der Waals surface area contributed by atoms with Crippen LogP contribution in [-0.4, -0.2) is 19.1 Å².